The van der Waals surface area contributed by atoms with E-state index in [9.17, 15) is 8.42 Å². The van der Waals surface area contributed by atoms with E-state index in [1.165, 1.54) is 16.1 Å². The van der Waals surface area contributed by atoms with Crippen molar-refractivity contribution < 1.29 is 8.42 Å². The van der Waals surface area contributed by atoms with Gasteiger partial charge in [0.05, 0.1) is 12.3 Å². The fourth-order valence-electron chi connectivity index (χ4n) is 1.63. The Bertz CT molecular complexity index is 548. The number of nitrogen functional groups attached to an aromatic ring is 1. The largest absolute Gasteiger partial charge is 0.399 e. The van der Waals surface area contributed by atoms with E-state index in [-0.39, 0.29) is 12.3 Å². The Morgan fingerprint density at radius 2 is 2.00 bits per heavy atom. The molecule has 2 N–H and O–H groups in total. The maximum absolute atomic E-state index is 12.2. The van der Waals surface area contributed by atoms with Crippen molar-refractivity contribution in [3.63, 3.8) is 0 Å². The number of sulfonamides is 1. The molecule has 0 aliphatic carbocycles. The van der Waals surface area contributed by atoms with E-state index in [4.69, 9.17) is 12.2 Å². The lowest BCUT2D eigenvalue weighted by Crippen LogP contribution is -2.34. The maximum atomic E-state index is 12.2. The fourth-order valence-corrected chi connectivity index (χ4v) is 4.36. The Morgan fingerprint density at radius 1 is 1.35 bits per heavy atom. The first kappa shape index (κ1) is 16.9. The van der Waals surface area contributed by atoms with E-state index in [1.807, 2.05) is 19.1 Å². The second kappa shape index (κ2) is 8.20. The fraction of sp³-hybridized carbons (Fsp3) is 0.429. The number of nitrogens with two attached hydrogens (primary N) is 1. The first-order valence-corrected chi connectivity index (χ1v) is 8.98. The van der Waals surface area contributed by atoms with Gasteiger partial charge in [-0.1, -0.05) is 12.8 Å². The van der Waals surface area contributed by atoms with Crippen LogP contribution in [0.4, 0.5) is 5.69 Å². The normalized spacial score (nSPS) is 11.4. The minimum absolute atomic E-state index is 0.0870. The number of thioether (sulfide) groups is 1. The lowest BCUT2D eigenvalue weighted by Gasteiger charge is -2.18. The van der Waals surface area contributed by atoms with Gasteiger partial charge in [-0.3, -0.25) is 0 Å². The van der Waals surface area contributed by atoms with Crippen molar-refractivity contribution in [3.8, 4) is 12.3 Å². The molecule has 0 heterocycles. The van der Waals surface area contributed by atoms with Gasteiger partial charge >= 0.3 is 0 Å². The van der Waals surface area contributed by atoms with Crippen molar-refractivity contribution in [1.82, 2.24) is 4.31 Å². The highest BCUT2D eigenvalue weighted by Crippen LogP contribution is 2.19. The summed E-state index contributed by atoms with van der Waals surface area (Å²) in [5.41, 5.74) is 6.30. The molecule has 0 aliphatic rings. The molecule has 0 radical (unpaired) electrons. The Labute approximate surface area is 125 Å². The summed E-state index contributed by atoms with van der Waals surface area (Å²) >= 11 is 1.50. The van der Waals surface area contributed by atoms with Crippen LogP contribution in [-0.2, 0) is 10.0 Å². The zero-order valence-corrected chi connectivity index (χ0v) is 13.2. The summed E-state index contributed by atoms with van der Waals surface area (Å²) in [4.78, 5) is 1.01. The van der Waals surface area contributed by atoms with E-state index in [0.717, 1.165) is 11.3 Å². The molecule has 0 aliphatic heterocycles. The van der Waals surface area contributed by atoms with E-state index >= 15 is 0 Å². The zero-order valence-electron chi connectivity index (χ0n) is 11.6. The minimum atomic E-state index is -3.28. The van der Waals surface area contributed by atoms with E-state index < -0.39 is 10.0 Å². The van der Waals surface area contributed by atoms with Crippen molar-refractivity contribution >= 4 is 27.5 Å². The second-order valence-electron chi connectivity index (χ2n) is 4.27. The number of hydrogen-bond donors (Lipinski definition) is 1. The van der Waals surface area contributed by atoms with Crippen LogP contribution in [0.3, 0.4) is 0 Å². The first-order chi connectivity index (χ1) is 9.49. The molecule has 0 unspecified atom stereocenters. The smallest absolute Gasteiger partial charge is 0.215 e. The Morgan fingerprint density at radius 3 is 2.55 bits per heavy atom. The van der Waals surface area contributed by atoms with Gasteiger partial charge in [-0.05, 0) is 30.7 Å². The highest BCUT2D eigenvalue weighted by molar-refractivity contribution is 8.00. The molecule has 0 saturated heterocycles. The second-order valence-corrected chi connectivity index (χ2v) is 7.53. The highest BCUT2D eigenvalue weighted by atomic mass is 32.2. The molecule has 1 aromatic carbocycles. The summed E-state index contributed by atoms with van der Waals surface area (Å²) in [5, 5.41) is 0. The standard InChI is InChI=1S/C14H20N2O2S2/c1-3-9-16(10-4-2)20(17,18)12-11-19-14-7-5-13(15)6-8-14/h1,5-8H,4,9-12,15H2,2H3. The predicted molar refractivity (Wildman–Crippen MR) is 86.1 cm³/mol. The van der Waals surface area contributed by atoms with Crippen LogP contribution < -0.4 is 5.73 Å². The van der Waals surface area contributed by atoms with Gasteiger partial charge in [-0.15, -0.1) is 18.2 Å². The third kappa shape index (κ3) is 5.45. The zero-order chi connectivity index (χ0) is 15.0. The number of hydrogen-bond acceptors (Lipinski definition) is 4. The van der Waals surface area contributed by atoms with Crippen LogP contribution in [0.15, 0.2) is 29.2 Å². The van der Waals surface area contributed by atoms with Crippen LogP contribution in [0.1, 0.15) is 13.3 Å². The first-order valence-electron chi connectivity index (χ1n) is 6.39. The molecule has 1 rings (SSSR count). The topological polar surface area (TPSA) is 63.4 Å². The SMILES string of the molecule is C#CCN(CCC)S(=O)(=O)CCSc1ccc(N)cc1. The minimum Gasteiger partial charge on any atom is -0.399 e. The summed E-state index contributed by atoms with van der Waals surface area (Å²) in [6, 6.07) is 7.38. The van der Waals surface area contributed by atoms with Crippen molar-refractivity contribution in [3.05, 3.63) is 24.3 Å². The summed E-state index contributed by atoms with van der Waals surface area (Å²) in [5.74, 6) is 2.98. The number of benzene rings is 1. The molecular weight excluding hydrogens is 292 g/mol. The lowest BCUT2D eigenvalue weighted by molar-refractivity contribution is 0.447. The van der Waals surface area contributed by atoms with Gasteiger partial charge in [0.2, 0.25) is 10.0 Å². The molecule has 0 saturated carbocycles. The lowest BCUT2D eigenvalue weighted by atomic mass is 10.3. The molecular formula is C14H20N2O2S2. The van der Waals surface area contributed by atoms with Gasteiger partial charge in [0.25, 0.3) is 0 Å². The molecule has 6 heteroatoms. The highest BCUT2D eigenvalue weighted by Gasteiger charge is 2.19. The summed E-state index contributed by atoms with van der Waals surface area (Å²) < 4.78 is 25.7. The molecule has 0 fully saturated rings. The predicted octanol–water partition coefficient (Wildman–Crippen LogP) is 2.04. The van der Waals surface area contributed by atoms with Gasteiger partial charge in [0, 0.05) is 22.9 Å². The summed E-state index contributed by atoms with van der Waals surface area (Å²) in [6.07, 6.45) is 5.97. The summed E-state index contributed by atoms with van der Waals surface area (Å²) in [7, 11) is -3.28. The maximum Gasteiger partial charge on any atom is 0.215 e. The Balaban J connectivity index is 2.54. The number of anilines is 1. The van der Waals surface area contributed by atoms with E-state index in [1.54, 1.807) is 12.1 Å². The average Bonchev–Trinajstić information content (AvgIpc) is 2.41. The van der Waals surface area contributed by atoms with Crippen molar-refractivity contribution in [2.24, 2.45) is 0 Å². The number of nitrogens with zero attached hydrogens (tertiary/aromatic N) is 1. The Kier molecular flexibility index (Phi) is 6.93. The van der Waals surface area contributed by atoms with E-state index in [0.29, 0.717) is 18.0 Å². The van der Waals surface area contributed by atoms with Crippen LogP contribution in [0.2, 0.25) is 0 Å². The van der Waals surface area contributed by atoms with Crippen LogP contribution in [0.5, 0.6) is 0 Å². The van der Waals surface area contributed by atoms with Crippen molar-refractivity contribution in [2.45, 2.75) is 18.2 Å². The Hall–Kier alpha value is -1.16. The third-order valence-corrected chi connectivity index (χ3v) is 5.71. The molecule has 4 nitrogen and oxygen atoms in total. The van der Waals surface area contributed by atoms with Gasteiger partial charge in [0.15, 0.2) is 0 Å². The molecule has 0 spiro atoms. The van der Waals surface area contributed by atoms with Crippen molar-refractivity contribution in [2.75, 3.05) is 30.3 Å². The molecule has 0 aromatic heterocycles. The molecule has 20 heavy (non-hydrogen) atoms. The van der Waals surface area contributed by atoms with Crippen LogP contribution >= 0.6 is 11.8 Å². The van der Waals surface area contributed by atoms with Gasteiger partial charge in [-0.2, -0.15) is 4.31 Å². The van der Waals surface area contributed by atoms with Crippen LogP contribution in [0, 0.1) is 12.3 Å². The van der Waals surface area contributed by atoms with Crippen LogP contribution in [-0.4, -0.2) is 37.3 Å². The number of terminal acetylenes is 1. The van der Waals surface area contributed by atoms with Crippen molar-refractivity contribution in [1.29, 1.82) is 0 Å². The van der Waals surface area contributed by atoms with E-state index in [2.05, 4.69) is 5.92 Å². The molecule has 1 aromatic rings. The summed E-state index contributed by atoms with van der Waals surface area (Å²) in [6.45, 7) is 2.55. The third-order valence-electron chi connectivity index (χ3n) is 2.62. The quantitative estimate of drug-likeness (QED) is 0.453. The van der Waals surface area contributed by atoms with Crippen LogP contribution in [0.25, 0.3) is 0 Å². The molecule has 110 valence electrons. The number of rotatable bonds is 8. The molecule has 0 amide bonds. The molecule has 0 bridgehead atoms. The van der Waals surface area contributed by atoms with Gasteiger partial charge in [-0.25, -0.2) is 8.42 Å². The van der Waals surface area contributed by atoms with Gasteiger partial charge in [0.1, 0.15) is 0 Å². The monoisotopic (exact) mass is 312 g/mol. The molecule has 0 atom stereocenters. The van der Waals surface area contributed by atoms with Gasteiger partial charge < -0.3 is 5.73 Å². The average molecular weight is 312 g/mol.